The molecular weight excluding hydrogens is 348 g/mol. The highest BCUT2D eigenvalue weighted by Gasteiger charge is 2.25. The zero-order valence-corrected chi connectivity index (χ0v) is 16.4. The van der Waals surface area contributed by atoms with Crippen LogP contribution in [0, 0.1) is 0 Å². The lowest BCUT2D eigenvalue weighted by molar-refractivity contribution is -0.115. The number of methoxy groups -OCH3 is 1. The van der Waals surface area contributed by atoms with E-state index >= 15 is 0 Å². The molecule has 0 atom stereocenters. The van der Waals surface area contributed by atoms with E-state index in [2.05, 4.69) is 5.32 Å². The molecule has 1 amide bonds. The molecule has 0 radical (unpaired) electrons. The van der Waals surface area contributed by atoms with Gasteiger partial charge in [0.25, 0.3) is 5.91 Å². The van der Waals surface area contributed by atoms with Crippen molar-refractivity contribution in [2.45, 2.75) is 58.1 Å². The van der Waals surface area contributed by atoms with E-state index in [0.717, 1.165) is 23.6 Å². The summed E-state index contributed by atoms with van der Waals surface area (Å²) in [5.74, 6) is 1.27. The molecule has 0 aromatic heterocycles. The van der Waals surface area contributed by atoms with Gasteiger partial charge in [-0.1, -0.05) is 25.3 Å². The molecule has 140 valence electrons. The fourth-order valence-corrected chi connectivity index (χ4v) is 4.03. The number of nitrogens with one attached hydrogen (secondary N) is 1. The summed E-state index contributed by atoms with van der Waals surface area (Å²) in [6.45, 7) is 3.95. The van der Waals surface area contributed by atoms with Crippen LogP contribution >= 0.6 is 11.8 Å². The summed E-state index contributed by atoms with van der Waals surface area (Å²) in [5, 5.41) is 3.61. The summed E-state index contributed by atoms with van der Waals surface area (Å²) in [5.41, 5.74) is 0.898. The molecule has 1 saturated heterocycles. The number of amides is 1. The van der Waals surface area contributed by atoms with Crippen molar-refractivity contribution in [3.05, 3.63) is 28.7 Å². The van der Waals surface area contributed by atoms with Gasteiger partial charge in [0.05, 0.1) is 24.2 Å². The van der Waals surface area contributed by atoms with Gasteiger partial charge < -0.3 is 14.8 Å². The maximum Gasteiger partial charge on any atom is 0.264 e. The highest BCUT2D eigenvalue weighted by molar-refractivity contribution is 8.18. The number of rotatable bonds is 5. The molecule has 0 spiro atoms. The van der Waals surface area contributed by atoms with Crippen LogP contribution in [0.1, 0.15) is 51.5 Å². The van der Waals surface area contributed by atoms with Gasteiger partial charge in [0, 0.05) is 0 Å². The number of nitrogens with zero attached hydrogens (tertiary/aromatic N) is 1. The van der Waals surface area contributed by atoms with Crippen LogP contribution in [0.4, 0.5) is 0 Å². The fraction of sp³-hybridized carbons (Fsp3) is 0.500. The molecule has 1 aliphatic heterocycles. The monoisotopic (exact) mass is 374 g/mol. The van der Waals surface area contributed by atoms with Gasteiger partial charge in [-0.15, -0.1) is 0 Å². The number of benzene rings is 1. The summed E-state index contributed by atoms with van der Waals surface area (Å²) in [7, 11) is 1.62. The van der Waals surface area contributed by atoms with Crippen LogP contribution in [0.25, 0.3) is 6.08 Å². The van der Waals surface area contributed by atoms with Crippen molar-refractivity contribution in [2.24, 2.45) is 4.99 Å². The third kappa shape index (κ3) is 4.81. The Balaban J connectivity index is 1.75. The van der Waals surface area contributed by atoms with Crippen molar-refractivity contribution in [3.63, 3.8) is 0 Å². The van der Waals surface area contributed by atoms with E-state index in [1.807, 2.05) is 38.1 Å². The SMILES string of the molecule is COc1cc(C=C2SC(=NC3CCCCC3)NC2=O)ccc1OC(C)C. The first-order valence-electron chi connectivity index (χ1n) is 9.18. The van der Waals surface area contributed by atoms with E-state index in [0.29, 0.717) is 22.4 Å². The summed E-state index contributed by atoms with van der Waals surface area (Å²) in [6.07, 6.45) is 7.93. The molecule has 1 aromatic rings. The van der Waals surface area contributed by atoms with E-state index in [9.17, 15) is 4.79 Å². The van der Waals surface area contributed by atoms with Gasteiger partial charge >= 0.3 is 0 Å². The Kier molecular flexibility index (Phi) is 6.25. The molecule has 1 aliphatic carbocycles. The Morgan fingerprint density at radius 3 is 2.69 bits per heavy atom. The fourth-order valence-electron chi connectivity index (χ4n) is 3.14. The third-order valence-electron chi connectivity index (χ3n) is 4.37. The number of amidine groups is 1. The van der Waals surface area contributed by atoms with Crippen LogP contribution in [0.2, 0.25) is 0 Å². The second kappa shape index (κ2) is 8.62. The Hall–Kier alpha value is -1.95. The maximum absolute atomic E-state index is 12.3. The minimum atomic E-state index is -0.0916. The Morgan fingerprint density at radius 2 is 2.00 bits per heavy atom. The van der Waals surface area contributed by atoms with Crippen molar-refractivity contribution in [2.75, 3.05) is 7.11 Å². The van der Waals surface area contributed by atoms with Crippen LogP contribution in [0.5, 0.6) is 11.5 Å². The molecule has 2 aliphatic rings. The summed E-state index contributed by atoms with van der Waals surface area (Å²) >= 11 is 1.41. The lowest BCUT2D eigenvalue weighted by Gasteiger charge is -2.17. The number of carbonyl (C=O) groups excluding carboxylic acids is 1. The van der Waals surface area contributed by atoms with Gasteiger partial charge in [-0.25, -0.2) is 0 Å². The molecule has 1 saturated carbocycles. The molecular formula is C20H26N2O3S. The highest BCUT2D eigenvalue weighted by Crippen LogP contribution is 2.32. The first kappa shape index (κ1) is 18.8. The Bertz CT molecular complexity index is 722. The molecule has 1 heterocycles. The van der Waals surface area contributed by atoms with E-state index in [-0.39, 0.29) is 12.0 Å². The number of carbonyl (C=O) groups is 1. The topological polar surface area (TPSA) is 59.9 Å². The normalized spacial score (nSPS) is 21.5. The van der Waals surface area contributed by atoms with Crippen molar-refractivity contribution in [1.82, 2.24) is 5.32 Å². The van der Waals surface area contributed by atoms with E-state index in [1.54, 1.807) is 7.11 Å². The molecule has 6 heteroatoms. The lowest BCUT2D eigenvalue weighted by Crippen LogP contribution is -2.22. The average molecular weight is 375 g/mol. The van der Waals surface area contributed by atoms with Crippen molar-refractivity contribution in [1.29, 1.82) is 0 Å². The van der Waals surface area contributed by atoms with Gasteiger partial charge in [-0.3, -0.25) is 9.79 Å². The van der Waals surface area contributed by atoms with Crippen molar-refractivity contribution in [3.8, 4) is 11.5 Å². The van der Waals surface area contributed by atoms with Crippen LogP contribution in [0.15, 0.2) is 28.1 Å². The lowest BCUT2D eigenvalue weighted by atomic mass is 9.96. The molecule has 0 unspecified atom stereocenters. The first-order chi connectivity index (χ1) is 12.5. The standard InChI is InChI=1S/C20H26N2O3S/c1-13(2)25-16-10-9-14(11-17(16)24-3)12-18-19(23)22-20(26-18)21-15-7-5-4-6-8-15/h9-13,15H,4-8H2,1-3H3,(H,21,22,23). The highest BCUT2D eigenvalue weighted by atomic mass is 32.2. The zero-order valence-electron chi connectivity index (χ0n) is 15.6. The smallest absolute Gasteiger partial charge is 0.264 e. The number of aliphatic imine (C=N–C) groups is 1. The second-order valence-corrected chi connectivity index (χ2v) is 7.90. The Labute approximate surface area is 159 Å². The molecule has 5 nitrogen and oxygen atoms in total. The first-order valence-corrected chi connectivity index (χ1v) is 10.00. The minimum absolute atomic E-state index is 0.0721. The van der Waals surface area contributed by atoms with Crippen LogP contribution in [-0.2, 0) is 4.79 Å². The van der Waals surface area contributed by atoms with E-state index < -0.39 is 0 Å². The number of hydrogen-bond acceptors (Lipinski definition) is 5. The predicted molar refractivity (Wildman–Crippen MR) is 107 cm³/mol. The van der Waals surface area contributed by atoms with Gasteiger partial charge in [0.2, 0.25) is 0 Å². The summed E-state index contributed by atoms with van der Waals surface area (Å²) in [4.78, 5) is 17.6. The maximum atomic E-state index is 12.3. The summed E-state index contributed by atoms with van der Waals surface area (Å²) < 4.78 is 11.1. The Morgan fingerprint density at radius 1 is 1.23 bits per heavy atom. The molecule has 2 fully saturated rings. The predicted octanol–water partition coefficient (Wildman–Crippen LogP) is 4.38. The molecule has 1 N–H and O–H groups in total. The molecule has 3 rings (SSSR count). The van der Waals surface area contributed by atoms with Crippen molar-refractivity contribution < 1.29 is 14.3 Å². The zero-order chi connectivity index (χ0) is 18.5. The van der Waals surface area contributed by atoms with Gasteiger partial charge in [0.15, 0.2) is 16.7 Å². The van der Waals surface area contributed by atoms with Crippen LogP contribution < -0.4 is 14.8 Å². The minimum Gasteiger partial charge on any atom is -0.493 e. The van der Waals surface area contributed by atoms with Crippen LogP contribution in [0.3, 0.4) is 0 Å². The molecule has 26 heavy (non-hydrogen) atoms. The number of hydrogen-bond donors (Lipinski definition) is 1. The van der Waals surface area contributed by atoms with E-state index in [4.69, 9.17) is 14.5 Å². The van der Waals surface area contributed by atoms with E-state index in [1.165, 1.54) is 31.0 Å². The summed E-state index contributed by atoms with van der Waals surface area (Å²) in [6, 6.07) is 6.03. The van der Waals surface area contributed by atoms with Gasteiger partial charge in [-0.2, -0.15) is 0 Å². The van der Waals surface area contributed by atoms with Gasteiger partial charge in [-0.05, 0) is 62.2 Å². The van der Waals surface area contributed by atoms with Crippen LogP contribution in [-0.4, -0.2) is 30.3 Å². The molecule has 0 bridgehead atoms. The number of ether oxygens (including phenoxy) is 2. The average Bonchev–Trinajstić information content (AvgIpc) is 2.95. The third-order valence-corrected chi connectivity index (χ3v) is 5.30. The van der Waals surface area contributed by atoms with Crippen molar-refractivity contribution >= 4 is 28.9 Å². The molecule has 1 aromatic carbocycles. The number of thioether (sulfide) groups is 1. The largest absolute Gasteiger partial charge is 0.493 e. The van der Waals surface area contributed by atoms with Gasteiger partial charge in [0.1, 0.15) is 0 Å². The quantitative estimate of drug-likeness (QED) is 0.777. The second-order valence-electron chi connectivity index (χ2n) is 6.87.